The molecule has 1 aromatic heterocycles. The zero-order valence-corrected chi connectivity index (χ0v) is 20.5. The van der Waals surface area contributed by atoms with Crippen LogP contribution in [0, 0.1) is 5.82 Å². The Morgan fingerprint density at radius 1 is 1.03 bits per heavy atom. The van der Waals surface area contributed by atoms with Crippen LogP contribution >= 0.6 is 11.8 Å². The second-order valence-electron chi connectivity index (χ2n) is 9.08. The minimum absolute atomic E-state index is 0.135. The number of rotatable bonds is 7. The molecular weight excluding hydrogens is 465 g/mol. The minimum Gasteiger partial charge on any atom is -0.411 e. The highest BCUT2D eigenvalue weighted by molar-refractivity contribution is 7.99. The summed E-state index contributed by atoms with van der Waals surface area (Å²) in [4.78, 5) is 17.5. The van der Waals surface area contributed by atoms with Gasteiger partial charge in [0.2, 0.25) is 11.8 Å². The molecule has 184 valence electrons. The number of aromatic nitrogens is 2. The van der Waals surface area contributed by atoms with E-state index in [1.807, 2.05) is 12.1 Å². The zero-order chi connectivity index (χ0) is 24.0. The normalized spacial score (nSPS) is 17.5. The molecule has 0 atom stereocenters. The van der Waals surface area contributed by atoms with Gasteiger partial charge in [-0.25, -0.2) is 4.39 Å². The lowest BCUT2D eigenvalue weighted by Crippen LogP contribution is -2.50. The Morgan fingerprint density at radius 3 is 2.54 bits per heavy atom. The van der Waals surface area contributed by atoms with Crippen LogP contribution in [0.15, 0.2) is 58.2 Å². The van der Waals surface area contributed by atoms with Gasteiger partial charge in [0.25, 0.3) is 5.22 Å². The van der Waals surface area contributed by atoms with Crippen LogP contribution in [-0.2, 0) is 4.79 Å². The Kier molecular flexibility index (Phi) is 7.63. The third-order valence-electron chi connectivity index (χ3n) is 6.73. The van der Waals surface area contributed by atoms with Gasteiger partial charge in [-0.05, 0) is 55.3 Å². The fraction of sp³-hybridized carbons (Fsp3) is 0.423. The molecule has 2 aliphatic rings. The molecule has 1 aliphatic carbocycles. The number of amides is 1. The SMILES string of the molecule is O=C(CSc1nnc(-c2cccc(F)c2)o1)Nc1ccc(N2CCN(C3CCCCC3)CC2)cc1. The number of carbonyl (C=O) groups excluding carboxylic acids is 1. The van der Waals surface area contributed by atoms with Crippen molar-refractivity contribution in [2.45, 2.75) is 43.4 Å². The van der Waals surface area contributed by atoms with E-state index in [2.05, 4.69) is 37.4 Å². The van der Waals surface area contributed by atoms with Gasteiger partial charge in [-0.3, -0.25) is 9.69 Å². The third-order valence-corrected chi connectivity index (χ3v) is 7.54. The fourth-order valence-corrected chi connectivity index (χ4v) is 5.44. The standard InChI is InChI=1S/C26H30FN5O2S/c27-20-6-4-5-19(17-20)25-29-30-26(34-25)35-18-24(33)28-21-9-11-23(12-10-21)32-15-13-31(14-16-32)22-7-2-1-3-8-22/h4-6,9-12,17,22H,1-3,7-8,13-16,18H2,(H,28,33). The van der Waals surface area contributed by atoms with Crippen molar-refractivity contribution >= 4 is 29.0 Å². The third kappa shape index (κ3) is 6.21. The number of carbonyl (C=O) groups is 1. The molecule has 0 spiro atoms. The summed E-state index contributed by atoms with van der Waals surface area (Å²) in [6.07, 6.45) is 6.86. The van der Waals surface area contributed by atoms with E-state index in [4.69, 9.17) is 4.42 Å². The average Bonchev–Trinajstić information content (AvgIpc) is 3.38. The molecule has 0 bridgehead atoms. The summed E-state index contributed by atoms with van der Waals surface area (Å²) in [6, 6.07) is 14.8. The Hall–Kier alpha value is -2.91. The van der Waals surface area contributed by atoms with Gasteiger partial charge in [0, 0.05) is 49.2 Å². The number of piperazine rings is 1. The summed E-state index contributed by atoms with van der Waals surface area (Å²) in [5.41, 5.74) is 2.45. The fourth-order valence-electron chi connectivity index (χ4n) is 4.88. The van der Waals surface area contributed by atoms with E-state index < -0.39 is 0 Å². The zero-order valence-electron chi connectivity index (χ0n) is 19.7. The maximum absolute atomic E-state index is 13.4. The summed E-state index contributed by atoms with van der Waals surface area (Å²) >= 11 is 1.15. The van der Waals surface area contributed by atoms with Crippen LogP contribution in [0.4, 0.5) is 15.8 Å². The molecule has 1 aliphatic heterocycles. The molecule has 1 N–H and O–H groups in total. The lowest BCUT2D eigenvalue weighted by molar-refractivity contribution is -0.113. The van der Waals surface area contributed by atoms with E-state index in [0.29, 0.717) is 5.56 Å². The molecule has 2 aromatic carbocycles. The first-order valence-electron chi connectivity index (χ1n) is 12.3. The van der Waals surface area contributed by atoms with Crippen molar-refractivity contribution in [1.82, 2.24) is 15.1 Å². The number of thioether (sulfide) groups is 1. The number of halogens is 1. The van der Waals surface area contributed by atoms with Gasteiger partial charge in [0.1, 0.15) is 5.82 Å². The minimum atomic E-state index is -0.373. The number of hydrogen-bond donors (Lipinski definition) is 1. The second kappa shape index (κ2) is 11.2. The largest absolute Gasteiger partial charge is 0.411 e. The Morgan fingerprint density at radius 2 is 1.80 bits per heavy atom. The van der Waals surface area contributed by atoms with Gasteiger partial charge in [0.15, 0.2) is 0 Å². The molecule has 35 heavy (non-hydrogen) atoms. The van der Waals surface area contributed by atoms with Crippen LogP contribution < -0.4 is 10.2 Å². The van der Waals surface area contributed by atoms with E-state index in [1.54, 1.807) is 12.1 Å². The summed E-state index contributed by atoms with van der Waals surface area (Å²) in [7, 11) is 0. The predicted octanol–water partition coefficient (Wildman–Crippen LogP) is 5.06. The average molecular weight is 496 g/mol. The molecule has 2 fully saturated rings. The summed E-state index contributed by atoms with van der Waals surface area (Å²) in [5, 5.41) is 11.0. The quantitative estimate of drug-likeness (QED) is 0.459. The van der Waals surface area contributed by atoms with Gasteiger partial charge in [-0.2, -0.15) is 0 Å². The van der Waals surface area contributed by atoms with Gasteiger partial charge in [-0.1, -0.05) is 37.1 Å². The monoisotopic (exact) mass is 495 g/mol. The number of nitrogens with one attached hydrogen (secondary N) is 1. The van der Waals surface area contributed by atoms with Crippen molar-refractivity contribution in [2.75, 3.05) is 42.1 Å². The topological polar surface area (TPSA) is 74.5 Å². The van der Waals surface area contributed by atoms with E-state index in [0.717, 1.165) is 49.7 Å². The highest BCUT2D eigenvalue weighted by Crippen LogP contribution is 2.26. The molecular formula is C26H30FN5O2S. The van der Waals surface area contributed by atoms with E-state index in [9.17, 15) is 9.18 Å². The molecule has 1 saturated heterocycles. The molecule has 2 heterocycles. The Labute approximate surface area is 209 Å². The Balaban J connectivity index is 1.08. The number of nitrogens with zero attached hydrogens (tertiary/aromatic N) is 4. The molecule has 0 radical (unpaired) electrons. The van der Waals surface area contributed by atoms with Crippen molar-refractivity contribution in [1.29, 1.82) is 0 Å². The van der Waals surface area contributed by atoms with Gasteiger partial charge >= 0.3 is 0 Å². The van der Waals surface area contributed by atoms with Crippen molar-refractivity contribution in [3.63, 3.8) is 0 Å². The second-order valence-corrected chi connectivity index (χ2v) is 10.0. The molecule has 3 aromatic rings. The predicted molar refractivity (Wildman–Crippen MR) is 136 cm³/mol. The van der Waals surface area contributed by atoms with Gasteiger partial charge < -0.3 is 14.6 Å². The van der Waals surface area contributed by atoms with Crippen molar-refractivity contribution in [3.8, 4) is 11.5 Å². The van der Waals surface area contributed by atoms with E-state index in [-0.39, 0.29) is 28.6 Å². The molecule has 5 rings (SSSR count). The summed E-state index contributed by atoms with van der Waals surface area (Å²) in [6.45, 7) is 4.33. The first kappa shape index (κ1) is 23.8. The van der Waals surface area contributed by atoms with Gasteiger partial charge in [0.05, 0.1) is 5.75 Å². The summed E-state index contributed by atoms with van der Waals surface area (Å²) in [5.74, 6) is -0.172. The van der Waals surface area contributed by atoms with Crippen molar-refractivity contribution < 1.29 is 13.6 Å². The van der Waals surface area contributed by atoms with Crippen LogP contribution in [0.1, 0.15) is 32.1 Å². The maximum atomic E-state index is 13.4. The smallest absolute Gasteiger partial charge is 0.277 e. The molecule has 7 nitrogen and oxygen atoms in total. The molecule has 1 saturated carbocycles. The van der Waals surface area contributed by atoms with Crippen LogP contribution in [0.3, 0.4) is 0 Å². The first-order chi connectivity index (χ1) is 17.1. The number of anilines is 2. The van der Waals surface area contributed by atoms with Crippen LogP contribution in [0.25, 0.3) is 11.5 Å². The van der Waals surface area contributed by atoms with Crippen molar-refractivity contribution in [2.24, 2.45) is 0 Å². The van der Waals surface area contributed by atoms with Gasteiger partial charge in [-0.15, -0.1) is 10.2 Å². The molecule has 1 amide bonds. The Bertz CT molecular complexity index is 1120. The lowest BCUT2D eigenvalue weighted by Gasteiger charge is -2.41. The number of hydrogen-bond acceptors (Lipinski definition) is 7. The highest BCUT2D eigenvalue weighted by Gasteiger charge is 2.25. The van der Waals surface area contributed by atoms with Crippen LogP contribution in [0.5, 0.6) is 0 Å². The van der Waals surface area contributed by atoms with Crippen LogP contribution in [-0.4, -0.2) is 59.0 Å². The summed E-state index contributed by atoms with van der Waals surface area (Å²) < 4.78 is 18.9. The molecule has 9 heteroatoms. The van der Waals surface area contributed by atoms with E-state index in [1.165, 1.54) is 49.9 Å². The lowest BCUT2D eigenvalue weighted by atomic mass is 9.94. The first-order valence-corrected chi connectivity index (χ1v) is 13.2. The molecule has 0 unspecified atom stereocenters. The van der Waals surface area contributed by atoms with E-state index >= 15 is 0 Å². The highest BCUT2D eigenvalue weighted by atomic mass is 32.2. The number of benzene rings is 2. The maximum Gasteiger partial charge on any atom is 0.277 e. The van der Waals surface area contributed by atoms with Crippen LogP contribution in [0.2, 0.25) is 0 Å². The van der Waals surface area contributed by atoms with Crippen molar-refractivity contribution in [3.05, 3.63) is 54.3 Å².